The number of benzene rings is 1. The van der Waals surface area contributed by atoms with Crippen LogP contribution in [0.5, 0.6) is 0 Å². The van der Waals surface area contributed by atoms with E-state index in [1.54, 1.807) is 24.3 Å². The van der Waals surface area contributed by atoms with Crippen molar-refractivity contribution in [2.24, 2.45) is 0 Å². The highest BCUT2D eigenvalue weighted by atomic mass is 19.3. The Labute approximate surface area is 86.9 Å². The van der Waals surface area contributed by atoms with Gasteiger partial charge in [-0.2, -0.15) is 0 Å². The van der Waals surface area contributed by atoms with Crippen molar-refractivity contribution in [3.63, 3.8) is 0 Å². The number of hydrogen-bond donors (Lipinski definition) is 3. The summed E-state index contributed by atoms with van der Waals surface area (Å²) in [6.07, 6.45) is 0. The SMILES string of the molecule is Nc1ccccc1CNCC(F)(F)CO. The minimum Gasteiger partial charge on any atom is -0.398 e. The number of nitrogens with one attached hydrogen (secondary N) is 1. The van der Waals surface area contributed by atoms with Crippen LogP contribution in [0.15, 0.2) is 24.3 Å². The molecule has 0 saturated heterocycles. The molecule has 0 heterocycles. The number of para-hydroxylation sites is 1. The van der Waals surface area contributed by atoms with Crippen LogP contribution in [0.2, 0.25) is 0 Å². The summed E-state index contributed by atoms with van der Waals surface area (Å²) in [6.45, 7) is -1.44. The van der Waals surface area contributed by atoms with Crippen LogP contribution in [-0.4, -0.2) is 24.2 Å². The molecule has 0 bridgehead atoms. The van der Waals surface area contributed by atoms with Crippen LogP contribution in [-0.2, 0) is 6.54 Å². The molecule has 1 aromatic carbocycles. The predicted molar refractivity (Wildman–Crippen MR) is 54.6 cm³/mol. The summed E-state index contributed by atoms with van der Waals surface area (Å²) in [5.41, 5.74) is 6.96. The maximum atomic E-state index is 12.6. The van der Waals surface area contributed by atoms with Crippen molar-refractivity contribution in [3.8, 4) is 0 Å². The second-order valence-electron chi connectivity index (χ2n) is 3.32. The first-order valence-electron chi connectivity index (χ1n) is 4.58. The minimum absolute atomic E-state index is 0.266. The predicted octanol–water partition coefficient (Wildman–Crippen LogP) is 0.986. The van der Waals surface area contributed by atoms with Crippen LogP contribution >= 0.6 is 0 Å². The van der Waals surface area contributed by atoms with E-state index in [0.717, 1.165) is 5.56 Å². The highest BCUT2D eigenvalue weighted by Crippen LogP contribution is 2.12. The number of aliphatic hydroxyl groups is 1. The van der Waals surface area contributed by atoms with Crippen molar-refractivity contribution in [3.05, 3.63) is 29.8 Å². The number of rotatable bonds is 5. The van der Waals surface area contributed by atoms with E-state index < -0.39 is 19.1 Å². The number of nitrogens with two attached hydrogens (primary N) is 1. The molecule has 0 radical (unpaired) electrons. The van der Waals surface area contributed by atoms with Gasteiger partial charge in [0.05, 0.1) is 6.54 Å². The molecule has 4 N–H and O–H groups in total. The average Bonchev–Trinajstić information content (AvgIpc) is 2.21. The van der Waals surface area contributed by atoms with Crippen LogP contribution in [0, 0.1) is 0 Å². The lowest BCUT2D eigenvalue weighted by Gasteiger charge is -2.14. The molecule has 5 heteroatoms. The summed E-state index contributed by atoms with van der Waals surface area (Å²) in [7, 11) is 0. The smallest absolute Gasteiger partial charge is 0.282 e. The van der Waals surface area contributed by atoms with Crippen LogP contribution in [0.4, 0.5) is 14.5 Å². The lowest BCUT2D eigenvalue weighted by atomic mass is 10.2. The Morgan fingerprint density at radius 2 is 2.00 bits per heavy atom. The lowest BCUT2D eigenvalue weighted by molar-refractivity contribution is -0.0477. The molecular formula is C10H14F2N2O. The van der Waals surface area contributed by atoms with Gasteiger partial charge in [0.15, 0.2) is 0 Å². The molecule has 84 valence electrons. The van der Waals surface area contributed by atoms with Gasteiger partial charge in [0.1, 0.15) is 6.61 Å². The van der Waals surface area contributed by atoms with Gasteiger partial charge in [-0.15, -0.1) is 0 Å². The molecule has 15 heavy (non-hydrogen) atoms. The standard InChI is InChI=1S/C10H14F2N2O/c11-10(12,7-15)6-14-5-8-3-1-2-4-9(8)13/h1-4,14-15H,5-7,13H2. The molecular weight excluding hydrogens is 202 g/mol. The third-order valence-electron chi connectivity index (χ3n) is 1.99. The molecule has 0 aliphatic heterocycles. The van der Waals surface area contributed by atoms with Crippen molar-refractivity contribution in [2.45, 2.75) is 12.5 Å². The van der Waals surface area contributed by atoms with E-state index in [0.29, 0.717) is 5.69 Å². The molecule has 3 nitrogen and oxygen atoms in total. The van der Waals surface area contributed by atoms with Crippen LogP contribution in [0.1, 0.15) is 5.56 Å². The Hall–Kier alpha value is -1.20. The molecule has 0 atom stereocenters. The summed E-state index contributed by atoms with van der Waals surface area (Å²) in [6, 6.07) is 7.04. The molecule has 0 saturated carbocycles. The quantitative estimate of drug-likeness (QED) is 0.643. The minimum atomic E-state index is -3.08. The van der Waals surface area contributed by atoms with Gasteiger partial charge >= 0.3 is 0 Å². The van der Waals surface area contributed by atoms with Crippen molar-refractivity contribution < 1.29 is 13.9 Å². The first kappa shape index (κ1) is 11.9. The fourth-order valence-corrected chi connectivity index (χ4v) is 1.13. The molecule has 0 aromatic heterocycles. The third kappa shape index (κ3) is 3.81. The Kier molecular flexibility index (Phi) is 3.99. The summed E-state index contributed by atoms with van der Waals surface area (Å²) in [4.78, 5) is 0. The Morgan fingerprint density at radius 3 is 2.60 bits per heavy atom. The van der Waals surface area contributed by atoms with Crippen LogP contribution in [0.3, 0.4) is 0 Å². The van der Waals surface area contributed by atoms with Crippen molar-refractivity contribution in [2.75, 3.05) is 18.9 Å². The molecule has 0 unspecified atom stereocenters. The van der Waals surface area contributed by atoms with E-state index in [2.05, 4.69) is 5.32 Å². The van der Waals surface area contributed by atoms with Crippen LogP contribution in [0.25, 0.3) is 0 Å². The van der Waals surface area contributed by atoms with E-state index in [9.17, 15) is 8.78 Å². The number of alkyl halides is 2. The largest absolute Gasteiger partial charge is 0.398 e. The number of aliphatic hydroxyl groups excluding tert-OH is 1. The average molecular weight is 216 g/mol. The van der Waals surface area contributed by atoms with Crippen molar-refractivity contribution in [1.82, 2.24) is 5.32 Å². The summed E-state index contributed by atoms with van der Waals surface area (Å²) in [5, 5.41) is 10.9. The highest BCUT2D eigenvalue weighted by Gasteiger charge is 2.26. The molecule has 0 spiro atoms. The Bertz CT molecular complexity index is 318. The highest BCUT2D eigenvalue weighted by molar-refractivity contribution is 5.46. The maximum Gasteiger partial charge on any atom is 0.282 e. The van der Waals surface area contributed by atoms with E-state index in [-0.39, 0.29) is 6.54 Å². The summed E-state index contributed by atoms with van der Waals surface area (Å²) in [5.74, 6) is -3.08. The lowest BCUT2D eigenvalue weighted by Crippen LogP contribution is -2.35. The van der Waals surface area contributed by atoms with Gasteiger partial charge in [-0.05, 0) is 11.6 Å². The summed E-state index contributed by atoms with van der Waals surface area (Å²) >= 11 is 0. The van der Waals surface area contributed by atoms with Crippen LogP contribution < -0.4 is 11.1 Å². The third-order valence-corrected chi connectivity index (χ3v) is 1.99. The van der Waals surface area contributed by atoms with Gasteiger partial charge < -0.3 is 16.2 Å². The number of halogens is 2. The molecule has 0 amide bonds. The number of nitrogen functional groups attached to an aromatic ring is 1. The van der Waals surface area contributed by atoms with E-state index in [1.165, 1.54) is 0 Å². The van der Waals surface area contributed by atoms with Gasteiger partial charge in [0.25, 0.3) is 5.92 Å². The zero-order valence-corrected chi connectivity index (χ0v) is 8.21. The first-order valence-corrected chi connectivity index (χ1v) is 4.58. The molecule has 1 aromatic rings. The molecule has 0 fully saturated rings. The van der Waals surface area contributed by atoms with Crippen molar-refractivity contribution in [1.29, 1.82) is 0 Å². The summed E-state index contributed by atoms with van der Waals surface area (Å²) < 4.78 is 25.2. The Morgan fingerprint density at radius 1 is 1.33 bits per heavy atom. The van der Waals surface area contributed by atoms with Crippen molar-refractivity contribution >= 4 is 5.69 Å². The van der Waals surface area contributed by atoms with Gasteiger partial charge in [-0.25, -0.2) is 8.78 Å². The van der Waals surface area contributed by atoms with Gasteiger partial charge in [-0.1, -0.05) is 18.2 Å². The van der Waals surface area contributed by atoms with E-state index in [4.69, 9.17) is 10.8 Å². The van der Waals surface area contributed by atoms with E-state index >= 15 is 0 Å². The fourth-order valence-electron chi connectivity index (χ4n) is 1.13. The monoisotopic (exact) mass is 216 g/mol. The molecule has 1 rings (SSSR count). The first-order chi connectivity index (χ1) is 7.05. The van der Waals surface area contributed by atoms with Gasteiger partial charge in [0.2, 0.25) is 0 Å². The normalized spacial score (nSPS) is 11.7. The number of anilines is 1. The topological polar surface area (TPSA) is 58.3 Å². The molecule has 0 aliphatic rings. The zero-order chi connectivity index (χ0) is 11.3. The molecule has 0 aliphatic carbocycles. The van der Waals surface area contributed by atoms with Gasteiger partial charge in [-0.3, -0.25) is 0 Å². The number of hydrogen-bond acceptors (Lipinski definition) is 3. The Balaban J connectivity index is 2.42. The second kappa shape index (κ2) is 5.04. The maximum absolute atomic E-state index is 12.6. The van der Waals surface area contributed by atoms with E-state index in [1.807, 2.05) is 0 Å². The zero-order valence-electron chi connectivity index (χ0n) is 8.21. The van der Waals surface area contributed by atoms with Gasteiger partial charge in [0, 0.05) is 12.2 Å². The fraction of sp³-hybridized carbons (Fsp3) is 0.400. The second-order valence-corrected chi connectivity index (χ2v) is 3.32.